The molecule has 0 heterocycles. The Morgan fingerprint density at radius 1 is 0.731 bits per heavy atom. The van der Waals surface area contributed by atoms with Crippen molar-refractivity contribution < 1.29 is 9.90 Å². The van der Waals surface area contributed by atoms with Crippen LogP contribution in [0.25, 0.3) is 0 Å². The summed E-state index contributed by atoms with van der Waals surface area (Å²) in [5, 5.41) is 9.69. The van der Waals surface area contributed by atoms with Crippen LogP contribution in [-0.4, -0.2) is 11.1 Å². The maximum Gasteiger partial charge on any atom is 0.337 e. The number of carboxylic acid groups (broad SMARTS) is 1. The molecule has 2 atom stereocenters. The van der Waals surface area contributed by atoms with Gasteiger partial charge in [0.25, 0.3) is 0 Å². The first kappa shape index (κ1) is 17.7. The highest BCUT2D eigenvalue weighted by Crippen LogP contribution is 2.37. The molecule has 0 aliphatic heterocycles. The minimum Gasteiger partial charge on any atom is -0.478 e. The van der Waals surface area contributed by atoms with Crippen LogP contribution in [0.3, 0.4) is 0 Å². The molecule has 0 bridgehead atoms. The normalized spacial score (nSPS) is 13.0. The summed E-state index contributed by atoms with van der Waals surface area (Å²) in [5.41, 5.74) is 3.34. The Kier molecular flexibility index (Phi) is 5.37. The molecular formula is C23H23NO2. The molecule has 1 N–H and O–H groups in total. The Bertz CT molecular complexity index is 816. The zero-order valence-electron chi connectivity index (χ0n) is 15.0. The minimum atomic E-state index is -0.911. The van der Waals surface area contributed by atoms with Gasteiger partial charge in [-0.2, -0.15) is 0 Å². The molecule has 132 valence electrons. The molecule has 0 radical (unpaired) electrons. The molecule has 0 aliphatic carbocycles. The van der Waals surface area contributed by atoms with Crippen molar-refractivity contribution in [3.05, 3.63) is 102 Å². The molecule has 0 spiro atoms. The number of aromatic carboxylic acids is 1. The molecular weight excluding hydrogens is 322 g/mol. The van der Waals surface area contributed by atoms with Gasteiger partial charge in [0.1, 0.15) is 0 Å². The van der Waals surface area contributed by atoms with Crippen LogP contribution >= 0.6 is 0 Å². The number of para-hydroxylation sites is 1. The molecule has 0 aromatic heterocycles. The van der Waals surface area contributed by atoms with Crippen molar-refractivity contribution in [1.29, 1.82) is 0 Å². The SMILES string of the molecule is CC(c1ccccc1)N(c1ccccc1C(=O)O)C(C)c1ccccc1. The van der Waals surface area contributed by atoms with Crippen molar-refractivity contribution in [1.82, 2.24) is 0 Å². The van der Waals surface area contributed by atoms with Crippen molar-refractivity contribution in [3.8, 4) is 0 Å². The maximum absolute atomic E-state index is 11.8. The summed E-state index contributed by atoms with van der Waals surface area (Å²) in [6, 6.07) is 27.6. The Morgan fingerprint density at radius 3 is 1.62 bits per heavy atom. The van der Waals surface area contributed by atoms with E-state index < -0.39 is 5.97 Å². The number of carboxylic acids is 1. The standard InChI is InChI=1S/C23H23NO2/c1-17(19-11-5-3-6-12-19)24(18(2)20-13-7-4-8-14-20)22-16-10-9-15-21(22)23(25)26/h3-18H,1-2H3,(H,25,26). The number of hydrogen-bond acceptors (Lipinski definition) is 2. The molecule has 3 rings (SSSR count). The first-order valence-corrected chi connectivity index (χ1v) is 8.80. The second kappa shape index (κ2) is 7.87. The van der Waals surface area contributed by atoms with Gasteiger partial charge in [0.2, 0.25) is 0 Å². The topological polar surface area (TPSA) is 40.5 Å². The quantitative estimate of drug-likeness (QED) is 0.622. The van der Waals surface area contributed by atoms with Crippen LogP contribution in [0.5, 0.6) is 0 Å². The van der Waals surface area contributed by atoms with E-state index in [2.05, 4.69) is 43.0 Å². The lowest BCUT2D eigenvalue weighted by Gasteiger charge is -2.38. The number of nitrogens with zero attached hydrogens (tertiary/aromatic N) is 1. The Morgan fingerprint density at radius 2 is 1.15 bits per heavy atom. The van der Waals surface area contributed by atoms with E-state index >= 15 is 0 Å². The van der Waals surface area contributed by atoms with Gasteiger partial charge in [-0.1, -0.05) is 72.8 Å². The van der Waals surface area contributed by atoms with Crippen LogP contribution in [0, 0.1) is 0 Å². The summed E-state index contributed by atoms with van der Waals surface area (Å²) in [7, 11) is 0. The molecule has 3 aromatic rings. The fraction of sp³-hybridized carbons (Fsp3) is 0.174. The number of carbonyl (C=O) groups is 1. The summed E-state index contributed by atoms with van der Waals surface area (Å²) in [6.07, 6.45) is 0. The van der Waals surface area contributed by atoms with Crippen LogP contribution in [-0.2, 0) is 0 Å². The van der Waals surface area contributed by atoms with E-state index in [4.69, 9.17) is 0 Å². The fourth-order valence-electron chi connectivity index (χ4n) is 3.42. The van der Waals surface area contributed by atoms with Crippen molar-refractivity contribution in [2.45, 2.75) is 25.9 Å². The maximum atomic E-state index is 11.8. The highest BCUT2D eigenvalue weighted by molar-refractivity contribution is 5.94. The average molecular weight is 345 g/mol. The van der Waals surface area contributed by atoms with Gasteiger partial charge in [-0.3, -0.25) is 0 Å². The zero-order chi connectivity index (χ0) is 18.5. The summed E-state index contributed by atoms with van der Waals surface area (Å²) in [6.45, 7) is 4.24. The highest BCUT2D eigenvalue weighted by atomic mass is 16.4. The third-order valence-electron chi connectivity index (χ3n) is 4.81. The van der Waals surface area contributed by atoms with Crippen LogP contribution in [0.4, 0.5) is 5.69 Å². The summed E-state index contributed by atoms with van der Waals surface area (Å²) < 4.78 is 0. The molecule has 0 fully saturated rings. The number of anilines is 1. The predicted octanol–water partition coefficient (Wildman–Crippen LogP) is 5.71. The van der Waals surface area contributed by atoms with Crippen LogP contribution in [0.1, 0.15) is 47.4 Å². The lowest BCUT2D eigenvalue weighted by atomic mass is 9.98. The van der Waals surface area contributed by atoms with Crippen LogP contribution in [0.15, 0.2) is 84.9 Å². The van der Waals surface area contributed by atoms with Gasteiger partial charge in [0.05, 0.1) is 23.3 Å². The third kappa shape index (κ3) is 3.62. The molecule has 2 unspecified atom stereocenters. The van der Waals surface area contributed by atoms with Crippen molar-refractivity contribution in [2.24, 2.45) is 0 Å². The Hall–Kier alpha value is -3.07. The molecule has 0 saturated heterocycles. The molecule has 3 heteroatoms. The monoisotopic (exact) mass is 345 g/mol. The van der Waals surface area contributed by atoms with Crippen molar-refractivity contribution >= 4 is 11.7 Å². The van der Waals surface area contributed by atoms with Gasteiger partial charge in [-0.05, 0) is 37.1 Å². The molecule has 0 aliphatic rings. The van der Waals surface area contributed by atoms with E-state index in [1.54, 1.807) is 12.1 Å². The van der Waals surface area contributed by atoms with E-state index in [0.717, 1.165) is 16.8 Å². The molecule has 0 saturated carbocycles. The van der Waals surface area contributed by atoms with E-state index in [-0.39, 0.29) is 12.1 Å². The van der Waals surface area contributed by atoms with Crippen molar-refractivity contribution in [3.63, 3.8) is 0 Å². The second-order valence-corrected chi connectivity index (χ2v) is 6.40. The summed E-state index contributed by atoms with van der Waals surface area (Å²) >= 11 is 0. The van der Waals surface area contributed by atoms with E-state index in [1.165, 1.54) is 0 Å². The lowest BCUT2D eigenvalue weighted by Crippen LogP contribution is -2.31. The van der Waals surface area contributed by atoms with E-state index in [1.807, 2.05) is 48.5 Å². The summed E-state index contributed by atoms with van der Waals surface area (Å²) in [4.78, 5) is 14.0. The van der Waals surface area contributed by atoms with Crippen molar-refractivity contribution in [2.75, 3.05) is 4.90 Å². The summed E-state index contributed by atoms with van der Waals surface area (Å²) in [5.74, 6) is -0.911. The molecule has 3 aromatic carbocycles. The third-order valence-corrected chi connectivity index (χ3v) is 4.81. The predicted molar refractivity (Wildman–Crippen MR) is 106 cm³/mol. The number of benzene rings is 3. The highest BCUT2D eigenvalue weighted by Gasteiger charge is 2.26. The molecule has 26 heavy (non-hydrogen) atoms. The smallest absolute Gasteiger partial charge is 0.337 e. The van der Waals surface area contributed by atoms with Gasteiger partial charge < -0.3 is 10.0 Å². The Balaban J connectivity index is 2.12. The second-order valence-electron chi connectivity index (χ2n) is 6.40. The van der Waals surface area contributed by atoms with E-state index in [9.17, 15) is 9.90 Å². The Labute approximate surface area is 154 Å². The van der Waals surface area contributed by atoms with Crippen LogP contribution in [0.2, 0.25) is 0 Å². The average Bonchev–Trinajstić information content (AvgIpc) is 2.69. The molecule has 0 amide bonds. The van der Waals surface area contributed by atoms with E-state index in [0.29, 0.717) is 5.56 Å². The van der Waals surface area contributed by atoms with Gasteiger partial charge >= 0.3 is 5.97 Å². The number of rotatable bonds is 6. The van der Waals surface area contributed by atoms with Gasteiger partial charge in [-0.15, -0.1) is 0 Å². The largest absolute Gasteiger partial charge is 0.478 e. The van der Waals surface area contributed by atoms with Gasteiger partial charge in [0, 0.05) is 0 Å². The number of hydrogen-bond donors (Lipinski definition) is 1. The lowest BCUT2D eigenvalue weighted by molar-refractivity contribution is 0.0697. The van der Waals surface area contributed by atoms with Gasteiger partial charge in [-0.25, -0.2) is 4.79 Å². The first-order chi connectivity index (χ1) is 12.6. The van der Waals surface area contributed by atoms with Gasteiger partial charge in [0.15, 0.2) is 0 Å². The first-order valence-electron chi connectivity index (χ1n) is 8.80. The minimum absolute atomic E-state index is 0.0203. The van der Waals surface area contributed by atoms with Crippen LogP contribution < -0.4 is 4.90 Å². The fourth-order valence-corrected chi connectivity index (χ4v) is 3.42. The molecule has 3 nitrogen and oxygen atoms in total. The zero-order valence-corrected chi connectivity index (χ0v) is 15.0.